The SMILES string of the molecule is CCc1cccc(C)c1NC(=O)COc1ccc2ccccc2c1C=O. The van der Waals surface area contributed by atoms with Crippen molar-refractivity contribution in [2.24, 2.45) is 0 Å². The van der Waals surface area contributed by atoms with Gasteiger partial charge in [-0.2, -0.15) is 0 Å². The van der Waals surface area contributed by atoms with E-state index in [1.165, 1.54) is 0 Å². The second kappa shape index (κ2) is 7.83. The Morgan fingerprint density at radius 1 is 1.08 bits per heavy atom. The summed E-state index contributed by atoms with van der Waals surface area (Å²) in [6.07, 6.45) is 1.60. The average molecular weight is 347 g/mol. The van der Waals surface area contributed by atoms with E-state index in [0.29, 0.717) is 11.3 Å². The number of hydrogen-bond donors (Lipinski definition) is 1. The van der Waals surface area contributed by atoms with Gasteiger partial charge >= 0.3 is 0 Å². The Bertz CT molecular complexity index is 963. The predicted octanol–water partition coefficient (Wildman–Crippen LogP) is 4.54. The fourth-order valence-corrected chi connectivity index (χ4v) is 3.04. The molecule has 3 aromatic rings. The lowest BCUT2D eigenvalue weighted by atomic mass is 10.0. The molecular weight excluding hydrogens is 326 g/mol. The van der Waals surface area contributed by atoms with E-state index in [1.807, 2.05) is 62.4 Å². The van der Waals surface area contributed by atoms with E-state index < -0.39 is 0 Å². The Morgan fingerprint density at radius 3 is 2.65 bits per heavy atom. The van der Waals surface area contributed by atoms with Crippen LogP contribution in [0.15, 0.2) is 54.6 Å². The van der Waals surface area contributed by atoms with E-state index in [-0.39, 0.29) is 12.5 Å². The summed E-state index contributed by atoms with van der Waals surface area (Å²) < 4.78 is 5.64. The van der Waals surface area contributed by atoms with E-state index in [4.69, 9.17) is 4.74 Å². The van der Waals surface area contributed by atoms with Gasteiger partial charge in [0.15, 0.2) is 12.9 Å². The first-order chi connectivity index (χ1) is 12.6. The van der Waals surface area contributed by atoms with Crippen molar-refractivity contribution >= 4 is 28.7 Å². The van der Waals surface area contributed by atoms with Crippen LogP contribution in [0.5, 0.6) is 5.75 Å². The van der Waals surface area contributed by atoms with E-state index in [0.717, 1.165) is 40.3 Å². The van der Waals surface area contributed by atoms with Gasteiger partial charge in [-0.25, -0.2) is 0 Å². The van der Waals surface area contributed by atoms with Crippen LogP contribution in [-0.4, -0.2) is 18.8 Å². The van der Waals surface area contributed by atoms with Crippen LogP contribution in [0.2, 0.25) is 0 Å². The van der Waals surface area contributed by atoms with Gasteiger partial charge in [-0.1, -0.05) is 55.5 Å². The van der Waals surface area contributed by atoms with E-state index in [1.54, 1.807) is 6.07 Å². The van der Waals surface area contributed by atoms with E-state index >= 15 is 0 Å². The Balaban J connectivity index is 1.76. The molecule has 1 N–H and O–H groups in total. The Labute approximate surface area is 152 Å². The van der Waals surface area contributed by atoms with Crippen molar-refractivity contribution in [3.63, 3.8) is 0 Å². The number of ether oxygens (including phenoxy) is 1. The number of hydrogen-bond acceptors (Lipinski definition) is 3. The van der Waals surface area contributed by atoms with Gasteiger partial charge < -0.3 is 10.1 Å². The van der Waals surface area contributed by atoms with Crippen LogP contribution in [0.25, 0.3) is 10.8 Å². The summed E-state index contributed by atoms with van der Waals surface area (Å²) in [4.78, 5) is 23.9. The maximum Gasteiger partial charge on any atom is 0.262 e. The van der Waals surface area contributed by atoms with E-state index in [9.17, 15) is 9.59 Å². The lowest BCUT2D eigenvalue weighted by Crippen LogP contribution is -2.21. The van der Waals surface area contributed by atoms with Gasteiger partial charge in [0, 0.05) is 5.69 Å². The highest BCUT2D eigenvalue weighted by molar-refractivity contribution is 6.01. The van der Waals surface area contributed by atoms with Gasteiger partial charge in [0.05, 0.1) is 5.56 Å². The van der Waals surface area contributed by atoms with Crippen LogP contribution in [0, 0.1) is 6.92 Å². The highest BCUT2D eigenvalue weighted by Crippen LogP contribution is 2.27. The molecule has 0 aliphatic carbocycles. The van der Waals surface area contributed by atoms with Crippen LogP contribution < -0.4 is 10.1 Å². The maximum absolute atomic E-state index is 12.3. The number of fused-ring (bicyclic) bond motifs is 1. The summed E-state index contributed by atoms with van der Waals surface area (Å²) in [6.45, 7) is 3.85. The van der Waals surface area contributed by atoms with Crippen molar-refractivity contribution in [2.75, 3.05) is 11.9 Å². The molecule has 4 heteroatoms. The lowest BCUT2D eigenvalue weighted by Gasteiger charge is -2.14. The molecule has 0 aliphatic heterocycles. The van der Waals surface area contributed by atoms with E-state index in [2.05, 4.69) is 5.32 Å². The number of benzene rings is 3. The fraction of sp³-hybridized carbons (Fsp3) is 0.182. The molecular formula is C22H21NO3. The zero-order valence-electron chi connectivity index (χ0n) is 14.9. The van der Waals surface area contributed by atoms with Crippen molar-refractivity contribution in [3.05, 3.63) is 71.3 Å². The number of carbonyl (C=O) groups is 2. The molecule has 0 unspecified atom stereocenters. The molecule has 0 saturated carbocycles. The van der Waals surface area contributed by atoms with Gasteiger partial charge in [0.25, 0.3) is 5.91 Å². The molecule has 0 aromatic heterocycles. The topological polar surface area (TPSA) is 55.4 Å². The Hall–Kier alpha value is -3.14. The molecule has 1 amide bonds. The number of amides is 1. The molecule has 0 aliphatic rings. The highest BCUT2D eigenvalue weighted by Gasteiger charge is 2.12. The summed E-state index contributed by atoms with van der Waals surface area (Å²) in [5.41, 5.74) is 3.38. The average Bonchev–Trinajstić information content (AvgIpc) is 2.67. The largest absolute Gasteiger partial charge is 0.483 e. The smallest absolute Gasteiger partial charge is 0.262 e. The van der Waals surface area contributed by atoms with Gasteiger partial charge in [-0.05, 0) is 41.3 Å². The number of rotatable bonds is 6. The quantitative estimate of drug-likeness (QED) is 0.666. The van der Waals surface area contributed by atoms with Crippen LogP contribution in [0.3, 0.4) is 0 Å². The van der Waals surface area contributed by atoms with Crippen molar-refractivity contribution in [2.45, 2.75) is 20.3 Å². The molecule has 0 fully saturated rings. The third-order valence-corrected chi connectivity index (χ3v) is 4.41. The van der Waals surface area contributed by atoms with Crippen LogP contribution in [0.4, 0.5) is 5.69 Å². The highest BCUT2D eigenvalue weighted by atomic mass is 16.5. The zero-order chi connectivity index (χ0) is 18.5. The van der Waals surface area contributed by atoms with Crippen molar-refractivity contribution < 1.29 is 14.3 Å². The van der Waals surface area contributed by atoms with Gasteiger partial charge in [-0.3, -0.25) is 9.59 Å². The first kappa shape index (κ1) is 17.7. The first-order valence-electron chi connectivity index (χ1n) is 8.62. The Morgan fingerprint density at radius 2 is 1.88 bits per heavy atom. The van der Waals surface area contributed by atoms with Crippen LogP contribution in [0.1, 0.15) is 28.4 Å². The number of para-hydroxylation sites is 1. The predicted molar refractivity (Wildman–Crippen MR) is 104 cm³/mol. The second-order valence-corrected chi connectivity index (χ2v) is 6.12. The summed E-state index contributed by atoms with van der Waals surface area (Å²) >= 11 is 0. The Kier molecular flexibility index (Phi) is 5.32. The minimum Gasteiger partial charge on any atom is -0.483 e. The molecule has 3 aromatic carbocycles. The normalized spacial score (nSPS) is 10.5. The van der Waals surface area contributed by atoms with Gasteiger partial charge in [0.2, 0.25) is 0 Å². The molecule has 0 radical (unpaired) electrons. The summed E-state index contributed by atoms with van der Waals surface area (Å²) in [5, 5.41) is 4.69. The lowest BCUT2D eigenvalue weighted by molar-refractivity contribution is -0.118. The van der Waals surface area contributed by atoms with Gasteiger partial charge in [-0.15, -0.1) is 0 Å². The molecule has 3 rings (SSSR count). The molecule has 4 nitrogen and oxygen atoms in total. The molecule has 0 spiro atoms. The summed E-state index contributed by atoms with van der Waals surface area (Å²) in [7, 11) is 0. The second-order valence-electron chi connectivity index (χ2n) is 6.12. The third kappa shape index (κ3) is 3.59. The minimum atomic E-state index is -0.251. The van der Waals surface area contributed by atoms with Crippen molar-refractivity contribution in [1.29, 1.82) is 0 Å². The number of carbonyl (C=O) groups excluding carboxylic acids is 2. The molecule has 0 heterocycles. The standard InChI is InChI=1S/C22H21NO3/c1-3-16-9-6-7-15(2)22(16)23-21(25)14-26-20-12-11-17-8-4-5-10-18(17)19(20)13-24/h4-13H,3,14H2,1-2H3,(H,23,25). The molecule has 132 valence electrons. The fourth-order valence-electron chi connectivity index (χ4n) is 3.04. The summed E-state index contributed by atoms with van der Waals surface area (Å²) in [6, 6.07) is 17.1. The van der Waals surface area contributed by atoms with Crippen LogP contribution in [-0.2, 0) is 11.2 Å². The number of aldehydes is 1. The summed E-state index contributed by atoms with van der Waals surface area (Å²) in [5.74, 6) is 0.161. The van der Waals surface area contributed by atoms with Crippen molar-refractivity contribution in [1.82, 2.24) is 0 Å². The van der Waals surface area contributed by atoms with Crippen LogP contribution >= 0.6 is 0 Å². The monoisotopic (exact) mass is 347 g/mol. The maximum atomic E-state index is 12.3. The van der Waals surface area contributed by atoms with Crippen molar-refractivity contribution in [3.8, 4) is 5.75 Å². The zero-order valence-corrected chi connectivity index (χ0v) is 14.9. The third-order valence-electron chi connectivity index (χ3n) is 4.41. The molecule has 0 bridgehead atoms. The van der Waals surface area contributed by atoms with Gasteiger partial charge in [0.1, 0.15) is 5.75 Å². The minimum absolute atomic E-state index is 0.156. The number of anilines is 1. The first-order valence-corrected chi connectivity index (χ1v) is 8.62. The number of nitrogens with one attached hydrogen (secondary N) is 1. The molecule has 26 heavy (non-hydrogen) atoms. The molecule has 0 saturated heterocycles. The molecule has 0 atom stereocenters. The number of aryl methyl sites for hydroxylation is 2.